The number of benzene rings is 1. The molecule has 20 heavy (non-hydrogen) atoms. The first-order chi connectivity index (χ1) is 9.72. The molecule has 0 amide bonds. The molecule has 2 aromatic rings. The minimum absolute atomic E-state index is 0.171. The molecule has 1 heterocycles. The van der Waals surface area contributed by atoms with E-state index in [1.807, 2.05) is 24.3 Å². The maximum atomic E-state index is 10.4. The van der Waals surface area contributed by atoms with Gasteiger partial charge in [0, 0.05) is 24.5 Å². The fraction of sp³-hybridized carbons (Fsp3) is 0.267. The number of rotatable bonds is 6. The fourth-order valence-electron chi connectivity index (χ4n) is 2.03. The molecule has 0 unspecified atom stereocenters. The van der Waals surface area contributed by atoms with Crippen LogP contribution < -0.4 is 5.32 Å². The van der Waals surface area contributed by atoms with Crippen LogP contribution in [0.3, 0.4) is 0 Å². The summed E-state index contributed by atoms with van der Waals surface area (Å²) in [4.78, 5) is 14.7. The highest BCUT2D eigenvalue weighted by atomic mass is 16.4. The van der Waals surface area contributed by atoms with Gasteiger partial charge in [0.2, 0.25) is 0 Å². The summed E-state index contributed by atoms with van der Waals surface area (Å²) in [5.74, 6) is -0.780. The lowest BCUT2D eigenvalue weighted by atomic mass is 10.1. The molecule has 0 spiro atoms. The van der Waals surface area contributed by atoms with Crippen LogP contribution in [-0.4, -0.2) is 22.6 Å². The van der Waals surface area contributed by atoms with Crippen LogP contribution in [0, 0.1) is 11.3 Å². The Morgan fingerprint density at radius 1 is 1.35 bits per heavy atom. The van der Waals surface area contributed by atoms with Crippen molar-refractivity contribution >= 4 is 22.6 Å². The van der Waals surface area contributed by atoms with Crippen molar-refractivity contribution in [2.24, 2.45) is 0 Å². The molecular formula is C15H15N3O2. The minimum atomic E-state index is -0.780. The number of anilines is 1. The molecule has 0 aliphatic rings. The van der Waals surface area contributed by atoms with E-state index in [0.717, 1.165) is 23.0 Å². The highest BCUT2D eigenvalue weighted by molar-refractivity contribution is 5.93. The first kappa shape index (κ1) is 13.8. The van der Waals surface area contributed by atoms with E-state index in [2.05, 4.69) is 16.4 Å². The van der Waals surface area contributed by atoms with Gasteiger partial charge in [-0.2, -0.15) is 5.26 Å². The second-order valence-corrected chi connectivity index (χ2v) is 4.45. The molecule has 0 fully saturated rings. The lowest BCUT2D eigenvalue weighted by molar-refractivity contribution is -0.137. The van der Waals surface area contributed by atoms with E-state index in [9.17, 15) is 4.79 Å². The number of carboxylic acids is 1. The predicted octanol–water partition coefficient (Wildman–Crippen LogP) is 2.77. The number of nitriles is 1. The van der Waals surface area contributed by atoms with E-state index in [4.69, 9.17) is 10.4 Å². The van der Waals surface area contributed by atoms with Gasteiger partial charge < -0.3 is 10.4 Å². The zero-order valence-corrected chi connectivity index (χ0v) is 11.0. The molecule has 0 atom stereocenters. The van der Waals surface area contributed by atoms with E-state index in [1.54, 1.807) is 6.20 Å². The van der Waals surface area contributed by atoms with Gasteiger partial charge in [-0.15, -0.1) is 0 Å². The molecule has 0 saturated carbocycles. The lowest BCUT2D eigenvalue weighted by Crippen LogP contribution is -2.05. The second kappa shape index (κ2) is 6.53. The molecule has 0 aliphatic carbocycles. The Morgan fingerprint density at radius 2 is 2.15 bits per heavy atom. The minimum Gasteiger partial charge on any atom is -0.481 e. The van der Waals surface area contributed by atoms with Crippen molar-refractivity contribution in [2.75, 3.05) is 11.9 Å². The van der Waals surface area contributed by atoms with E-state index in [0.29, 0.717) is 18.5 Å². The Balaban J connectivity index is 2.12. The van der Waals surface area contributed by atoms with Crippen LogP contribution in [0.1, 0.15) is 24.8 Å². The first-order valence-corrected chi connectivity index (χ1v) is 6.46. The SMILES string of the molecule is N#Cc1cnc2ccccc2c1NCCCCC(=O)O. The van der Waals surface area contributed by atoms with Gasteiger partial charge in [0.25, 0.3) is 0 Å². The Kier molecular flexibility index (Phi) is 4.51. The summed E-state index contributed by atoms with van der Waals surface area (Å²) in [6, 6.07) is 9.75. The van der Waals surface area contributed by atoms with Crippen molar-refractivity contribution in [3.05, 3.63) is 36.0 Å². The number of hydrogen-bond acceptors (Lipinski definition) is 4. The molecule has 5 heteroatoms. The average molecular weight is 269 g/mol. The third kappa shape index (κ3) is 3.23. The summed E-state index contributed by atoms with van der Waals surface area (Å²) in [5.41, 5.74) is 2.11. The number of fused-ring (bicyclic) bond motifs is 1. The maximum absolute atomic E-state index is 10.4. The molecule has 1 aromatic carbocycles. The number of carbonyl (C=O) groups is 1. The molecule has 102 valence electrons. The van der Waals surface area contributed by atoms with E-state index >= 15 is 0 Å². The highest BCUT2D eigenvalue weighted by Crippen LogP contribution is 2.25. The quantitative estimate of drug-likeness (QED) is 0.787. The Bertz CT molecular complexity index is 662. The molecule has 0 radical (unpaired) electrons. The molecule has 5 nitrogen and oxygen atoms in total. The normalized spacial score (nSPS) is 10.2. The van der Waals surface area contributed by atoms with Crippen LogP contribution in [-0.2, 0) is 4.79 Å². The number of aromatic nitrogens is 1. The van der Waals surface area contributed by atoms with Crippen LogP contribution >= 0.6 is 0 Å². The standard InChI is InChI=1S/C15H15N3O2/c16-9-11-10-18-13-6-2-1-5-12(13)15(11)17-8-4-3-7-14(19)20/h1-2,5-6,10H,3-4,7-8H2,(H,17,18)(H,19,20). The van der Waals surface area contributed by atoms with Crippen LogP contribution in [0.4, 0.5) is 5.69 Å². The number of carboxylic acid groups (broad SMARTS) is 1. The summed E-state index contributed by atoms with van der Waals surface area (Å²) in [7, 11) is 0. The number of unbranched alkanes of at least 4 members (excludes halogenated alkanes) is 1. The summed E-state index contributed by atoms with van der Waals surface area (Å²) in [6.07, 6.45) is 3.09. The Morgan fingerprint density at radius 3 is 2.90 bits per heavy atom. The largest absolute Gasteiger partial charge is 0.481 e. The van der Waals surface area contributed by atoms with Crippen LogP contribution in [0.5, 0.6) is 0 Å². The van der Waals surface area contributed by atoms with Crippen molar-refractivity contribution in [2.45, 2.75) is 19.3 Å². The van der Waals surface area contributed by atoms with E-state index in [1.165, 1.54) is 0 Å². The monoisotopic (exact) mass is 269 g/mol. The zero-order valence-electron chi connectivity index (χ0n) is 11.0. The topological polar surface area (TPSA) is 86.0 Å². The van der Waals surface area contributed by atoms with Crippen molar-refractivity contribution < 1.29 is 9.90 Å². The molecule has 0 aliphatic heterocycles. The summed E-state index contributed by atoms with van der Waals surface area (Å²) >= 11 is 0. The fourth-order valence-corrected chi connectivity index (χ4v) is 2.03. The number of nitrogens with one attached hydrogen (secondary N) is 1. The van der Waals surface area contributed by atoms with Gasteiger partial charge in [0.1, 0.15) is 6.07 Å². The van der Waals surface area contributed by atoms with Crippen molar-refractivity contribution in [3.8, 4) is 6.07 Å². The summed E-state index contributed by atoms with van der Waals surface area (Å²) in [5, 5.41) is 21.9. The Hall–Kier alpha value is -2.61. The molecule has 1 aromatic heterocycles. The van der Waals surface area contributed by atoms with Gasteiger partial charge in [0.15, 0.2) is 0 Å². The van der Waals surface area contributed by atoms with E-state index in [-0.39, 0.29) is 6.42 Å². The second-order valence-electron chi connectivity index (χ2n) is 4.45. The highest BCUT2D eigenvalue weighted by Gasteiger charge is 2.07. The van der Waals surface area contributed by atoms with Crippen LogP contribution in [0.2, 0.25) is 0 Å². The Labute approximate surface area is 116 Å². The van der Waals surface area contributed by atoms with Crippen LogP contribution in [0.15, 0.2) is 30.5 Å². The van der Waals surface area contributed by atoms with Crippen LogP contribution in [0.25, 0.3) is 10.9 Å². The zero-order chi connectivity index (χ0) is 14.4. The van der Waals surface area contributed by atoms with Crippen molar-refractivity contribution in [1.29, 1.82) is 5.26 Å². The molecule has 2 N–H and O–H groups in total. The average Bonchev–Trinajstić information content (AvgIpc) is 2.46. The maximum Gasteiger partial charge on any atom is 0.303 e. The van der Waals surface area contributed by atoms with Gasteiger partial charge in [-0.3, -0.25) is 9.78 Å². The van der Waals surface area contributed by atoms with Gasteiger partial charge in [-0.25, -0.2) is 0 Å². The smallest absolute Gasteiger partial charge is 0.303 e. The summed E-state index contributed by atoms with van der Waals surface area (Å²) in [6.45, 7) is 0.635. The predicted molar refractivity (Wildman–Crippen MR) is 76.4 cm³/mol. The van der Waals surface area contributed by atoms with Gasteiger partial charge in [-0.05, 0) is 18.9 Å². The van der Waals surface area contributed by atoms with Gasteiger partial charge in [0.05, 0.1) is 16.8 Å². The first-order valence-electron chi connectivity index (χ1n) is 6.46. The van der Waals surface area contributed by atoms with Crippen molar-refractivity contribution in [3.63, 3.8) is 0 Å². The lowest BCUT2D eigenvalue weighted by Gasteiger charge is -2.10. The number of hydrogen-bond donors (Lipinski definition) is 2. The van der Waals surface area contributed by atoms with Gasteiger partial charge in [-0.1, -0.05) is 18.2 Å². The van der Waals surface area contributed by atoms with Crippen molar-refractivity contribution in [1.82, 2.24) is 4.98 Å². The third-order valence-corrected chi connectivity index (χ3v) is 3.02. The molecule has 2 rings (SSSR count). The van der Waals surface area contributed by atoms with Gasteiger partial charge >= 0.3 is 5.97 Å². The summed E-state index contributed by atoms with van der Waals surface area (Å²) < 4.78 is 0. The number of pyridine rings is 1. The van der Waals surface area contributed by atoms with E-state index < -0.39 is 5.97 Å². The third-order valence-electron chi connectivity index (χ3n) is 3.02. The number of para-hydroxylation sites is 1. The molecular weight excluding hydrogens is 254 g/mol. The number of aliphatic carboxylic acids is 1. The molecule has 0 bridgehead atoms. The number of nitrogens with zero attached hydrogens (tertiary/aromatic N) is 2. The molecule has 0 saturated heterocycles.